The molecule has 0 aliphatic heterocycles. The lowest BCUT2D eigenvalue weighted by Crippen LogP contribution is -2.42. The molecule has 0 heterocycles. The lowest BCUT2D eigenvalue weighted by Gasteiger charge is -2.42. The first kappa shape index (κ1) is 16.3. The van der Waals surface area contributed by atoms with E-state index >= 15 is 0 Å². The number of ether oxygens (including phenoxy) is 2. The first-order chi connectivity index (χ1) is 9.95. The lowest BCUT2D eigenvalue weighted by atomic mass is 9.73. The van der Waals surface area contributed by atoms with Crippen LogP contribution < -0.4 is 4.74 Å². The molecular weight excluding hydrogens is 264 g/mol. The minimum atomic E-state index is -0.653. The second kappa shape index (κ2) is 6.37. The summed E-state index contributed by atoms with van der Waals surface area (Å²) in [6, 6.07) is 4.03. The third-order valence-electron chi connectivity index (χ3n) is 5.10. The quantitative estimate of drug-likeness (QED) is 0.913. The molecule has 1 aliphatic carbocycles. The molecule has 1 aromatic carbocycles. The Morgan fingerprint density at radius 1 is 1.29 bits per heavy atom. The maximum absolute atomic E-state index is 11.0. The van der Waals surface area contributed by atoms with Crippen molar-refractivity contribution in [3.05, 3.63) is 28.8 Å². The molecule has 3 atom stereocenters. The summed E-state index contributed by atoms with van der Waals surface area (Å²) in [5.41, 5.74) is 2.61. The van der Waals surface area contributed by atoms with Gasteiger partial charge in [-0.3, -0.25) is 0 Å². The fourth-order valence-electron chi connectivity index (χ4n) is 3.67. The predicted molar refractivity (Wildman–Crippen MR) is 84.8 cm³/mol. The zero-order chi connectivity index (χ0) is 15.6. The molecule has 1 saturated carbocycles. The first-order valence-corrected chi connectivity index (χ1v) is 7.82. The Bertz CT molecular complexity index is 497. The molecule has 1 aromatic rings. The molecule has 1 fully saturated rings. The maximum Gasteiger partial charge on any atom is 0.127 e. The summed E-state index contributed by atoms with van der Waals surface area (Å²) >= 11 is 0. The summed E-state index contributed by atoms with van der Waals surface area (Å²) in [7, 11) is 3.38. The van der Waals surface area contributed by atoms with Gasteiger partial charge in [-0.2, -0.15) is 0 Å². The van der Waals surface area contributed by atoms with Gasteiger partial charge in [-0.25, -0.2) is 0 Å². The second-order valence-corrected chi connectivity index (χ2v) is 6.50. The number of rotatable bonds is 4. The summed E-state index contributed by atoms with van der Waals surface area (Å²) in [6.07, 6.45) is 3.44. The summed E-state index contributed by atoms with van der Waals surface area (Å²) in [5, 5.41) is 11.0. The number of hydrogen-bond acceptors (Lipinski definition) is 3. The van der Waals surface area contributed by atoms with E-state index in [1.54, 1.807) is 14.2 Å². The van der Waals surface area contributed by atoms with Gasteiger partial charge < -0.3 is 14.6 Å². The van der Waals surface area contributed by atoms with Gasteiger partial charge in [0, 0.05) is 12.7 Å². The van der Waals surface area contributed by atoms with E-state index in [-0.39, 0.29) is 0 Å². The van der Waals surface area contributed by atoms with E-state index in [0.29, 0.717) is 5.92 Å². The van der Waals surface area contributed by atoms with Crippen LogP contribution >= 0.6 is 0 Å². The highest BCUT2D eigenvalue weighted by Crippen LogP contribution is 2.46. The fraction of sp³-hybridized carbons (Fsp3) is 0.667. The largest absolute Gasteiger partial charge is 0.496 e. The van der Waals surface area contributed by atoms with Gasteiger partial charge in [0.2, 0.25) is 0 Å². The monoisotopic (exact) mass is 292 g/mol. The van der Waals surface area contributed by atoms with Crippen molar-refractivity contribution < 1.29 is 14.6 Å². The Hall–Kier alpha value is -1.06. The summed E-state index contributed by atoms with van der Waals surface area (Å²) < 4.78 is 11.4. The molecule has 3 nitrogen and oxygen atoms in total. The molecule has 3 heteroatoms. The summed E-state index contributed by atoms with van der Waals surface area (Å²) in [5.74, 6) is 1.36. The van der Waals surface area contributed by atoms with Crippen LogP contribution in [0, 0.1) is 19.8 Å². The minimum absolute atomic E-state index is 0.493. The number of methoxy groups -OCH3 is 2. The number of aliphatic hydroxyl groups is 1. The summed E-state index contributed by atoms with van der Waals surface area (Å²) in [6.45, 7) is 6.33. The Balaban J connectivity index is 2.42. The Kier molecular flexibility index (Phi) is 4.95. The van der Waals surface area contributed by atoms with Crippen molar-refractivity contribution in [3.63, 3.8) is 0 Å². The van der Waals surface area contributed by atoms with E-state index in [1.165, 1.54) is 12.0 Å². The minimum Gasteiger partial charge on any atom is -0.496 e. The van der Waals surface area contributed by atoms with Crippen molar-refractivity contribution in [2.24, 2.45) is 5.92 Å². The normalized spacial score (nSPS) is 27.4. The van der Waals surface area contributed by atoms with Crippen LogP contribution in [0.15, 0.2) is 12.1 Å². The molecular formula is C18H28O3. The smallest absolute Gasteiger partial charge is 0.127 e. The van der Waals surface area contributed by atoms with Crippen molar-refractivity contribution in [2.45, 2.75) is 58.2 Å². The van der Waals surface area contributed by atoms with Crippen LogP contribution in [0.25, 0.3) is 0 Å². The number of hydrogen-bond donors (Lipinski definition) is 1. The van der Waals surface area contributed by atoms with Gasteiger partial charge in [0.1, 0.15) is 11.9 Å². The van der Waals surface area contributed by atoms with Gasteiger partial charge in [0.05, 0.1) is 12.7 Å². The highest BCUT2D eigenvalue weighted by atomic mass is 16.5. The standard InChI is InChI=1S/C18H28O3/c1-12-7-6-10-18(11-12,21-5)17(19)15-9-8-13(2)14(3)16(15)20-4/h8-9,12,17,19H,6-7,10-11H2,1-5H3. The Labute approximate surface area is 128 Å². The molecule has 0 saturated heterocycles. The molecule has 118 valence electrons. The lowest BCUT2D eigenvalue weighted by molar-refractivity contribution is -0.134. The molecule has 21 heavy (non-hydrogen) atoms. The maximum atomic E-state index is 11.0. The van der Waals surface area contributed by atoms with Crippen LogP contribution in [-0.2, 0) is 4.74 Å². The van der Waals surface area contributed by atoms with Crippen LogP contribution in [0.1, 0.15) is 55.4 Å². The van der Waals surface area contributed by atoms with Crippen molar-refractivity contribution >= 4 is 0 Å². The molecule has 0 radical (unpaired) electrons. The first-order valence-electron chi connectivity index (χ1n) is 7.82. The van der Waals surface area contributed by atoms with Crippen molar-refractivity contribution in [1.29, 1.82) is 0 Å². The fourth-order valence-corrected chi connectivity index (χ4v) is 3.67. The van der Waals surface area contributed by atoms with Crippen LogP contribution in [0.2, 0.25) is 0 Å². The molecule has 1 aliphatic rings. The van der Waals surface area contributed by atoms with Crippen LogP contribution in [-0.4, -0.2) is 24.9 Å². The van der Waals surface area contributed by atoms with Crippen LogP contribution in [0.5, 0.6) is 5.75 Å². The number of aliphatic hydroxyl groups excluding tert-OH is 1. The van der Waals surface area contributed by atoms with Gasteiger partial charge >= 0.3 is 0 Å². The topological polar surface area (TPSA) is 38.7 Å². The highest BCUT2D eigenvalue weighted by Gasteiger charge is 2.43. The second-order valence-electron chi connectivity index (χ2n) is 6.50. The van der Waals surface area contributed by atoms with Crippen molar-refractivity contribution in [2.75, 3.05) is 14.2 Å². The summed E-state index contributed by atoms with van der Waals surface area (Å²) in [4.78, 5) is 0. The molecule has 1 N–H and O–H groups in total. The van der Waals surface area contributed by atoms with Crippen LogP contribution in [0.3, 0.4) is 0 Å². The van der Waals surface area contributed by atoms with Crippen LogP contribution in [0.4, 0.5) is 0 Å². The van der Waals surface area contributed by atoms with Gasteiger partial charge in [-0.15, -0.1) is 0 Å². The van der Waals surface area contributed by atoms with E-state index in [0.717, 1.165) is 36.1 Å². The van der Waals surface area contributed by atoms with Crippen molar-refractivity contribution in [1.82, 2.24) is 0 Å². The molecule has 0 aromatic heterocycles. The zero-order valence-electron chi connectivity index (χ0n) is 13.9. The van der Waals surface area contributed by atoms with Gasteiger partial charge in [-0.1, -0.05) is 31.9 Å². The van der Waals surface area contributed by atoms with E-state index in [1.807, 2.05) is 19.1 Å². The van der Waals surface area contributed by atoms with E-state index in [4.69, 9.17) is 9.47 Å². The predicted octanol–water partition coefficient (Wildman–Crippen LogP) is 3.94. The van der Waals surface area contributed by atoms with E-state index in [9.17, 15) is 5.11 Å². The average molecular weight is 292 g/mol. The third kappa shape index (κ3) is 2.95. The molecule has 3 unspecified atom stereocenters. The molecule has 0 amide bonds. The van der Waals surface area contributed by atoms with Gasteiger partial charge in [-0.05, 0) is 43.7 Å². The number of benzene rings is 1. The van der Waals surface area contributed by atoms with Gasteiger partial charge in [0.15, 0.2) is 0 Å². The molecule has 0 spiro atoms. The zero-order valence-corrected chi connectivity index (χ0v) is 13.9. The SMILES string of the molecule is COc1c(C(O)C2(OC)CCCC(C)C2)ccc(C)c1C. The highest BCUT2D eigenvalue weighted by molar-refractivity contribution is 5.47. The molecule has 2 rings (SSSR count). The van der Waals surface area contributed by atoms with E-state index < -0.39 is 11.7 Å². The average Bonchev–Trinajstić information content (AvgIpc) is 2.49. The Morgan fingerprint density at radius 2 is 2.00 bits per heavy atom. The number of aryl methyl sites for hydroxylation is 1. The van der Waals surface area contributed by atoms with Crippen molar-refractivity contribution in [3.8, 4) is 5.75 Å². The third-order valence-corrected chi connectivity index (χ3v) is 5.10. The van der Waals surface area contributed by atoms with Gasteiger partial charge in [0.25, 0.3) is 0 Å². The molecule has 0 bridgehead atoms. The Morgan fingerprint density at radius 3 is 2.57 bits per heavy atom. The van der Waals surface area contributed by atoms with E-state index in [2.05, 4.69) is 13.8 Å².